The Morgan fingerprint density at radius 1 is 1.22 bits per heavy atom. The SMILES string of the molecule is CCCn1nc(CC(=O)C2CN(c3cc(C)c4c(=O)c(C(=O)O)cn(-c5ncns5)c4n3)C2)cc1C. The molecule has 0 saturated carbocycles. The minimum Gasteiger partial charge on any atom is -0.477 e. The fourth-order valence-corrected chi connectivity index (χ4v) is 5.02. The number of pyridine rings is 2. The molecular formula is C24H25N7O4S. The summed E-state index contributed by atoms with van der Waals surface area (Å²) in [6.45, 7) is 7.71. The zero-order valence-corrected chi connectivity index (χ0v) is 20.9. The van der Waals surface area contributed by atoms with Crippen LogP contribution >= 0.6 is 11.5 Å². The highest BCUT2D eigenvalue weighted by atomic mass is 32.1. The van der Waals surface area contributed by atoms with Crippen molar-refractivity contribution in [1.82, 2.24) is 28.7 Å². The molecule has 0 spiro atoms. The van der Waals surface area contributed by atoms with Gasteiger partial charge in [-0.05, 0) is 38.0 Å². The molecule has 11 nitrogen and oxygen atoms in total. The lowest BCUT2D eigenvalue weighted by Gasteiger charge is -2.39. The molecule has 0 amide bonds. The average molecular weight is 508 g/mol. The Balaban J connectivity index is 1.41. The normalized spacial score (nSPS) is 13.8. The van der Waals surface area contributed by atoms with Gasteiger partial charge in [0.05, 0.1) is 23.4 Å². The van der Waals surface area contributed by atoms with Gasteiger partial charge in [-0.3, -0.25) is 18.8 Å². The minimum absolute atomic E-state index is 0.126. The first kappa shape index (κ1) is 23.8. The number of anilines is 1. The van der Waals surface area contributed by atoms with Crippen molar-refractivity contribution in [2.75, 3.05) is 18.0 Å². The summed E-state index contributed by atoms with van der Waals surface area (Å²) in [4.78, 5) is 48.3. The van der Waals surface area contributed by atoms with Crippen LogP contribution in [0.5, 0.6) is 0 Å². The van der Waals surface area contributed by atoms with Gasteiger partial charge in [-0.1, -0.05) is 6.92 Å². The topological polar surface area (TPSA) is 136 Å². The van der Waals surface area contributed by atoms with Gasteiger partial charge in [0, 0.05) is 43.1 Å². The quantitative estimate of drug-likeness (QED) is 0.381. The summed E-state index contributed by atoms with van der Waals surface area (Å²) in [7, 11) is 0. The van der Waals surface area contributed by atoms with Crippen molar-refractivity contribution >= 4 is 40.1 Å². The molecule has 1 aliphatic rings. The number of Topliss-reactive ketones (excluding diaryl/α,β-unsaturated/α-hetero) is 1. The highest BCUT2D eigenvalue weighted by Crippen LogP contribution is 2.29. The molecule has 5 heterocycles. The molecule has 0 bridgehead atoms. The van der Waals surface area contributed by atoms with Crippen LogP contribution in [0.4, 0.5) is 5.82 Å². The van der Waals surface area contributed by atoms with E-state index in [4.69, 9.17) is 4.98 Å². The Hall–Kier alpha value is -3.93. The van der Waals surface area contributed by atoms with Crippen LogP contribution in [-0.4, -0.2) is 58.6 Å². The van der Waals surface area contributed by atoms with E-state index in [1.165, 1.54) is 17.1 Å². The summed E-state index contributed by atoms with van der Waals surface area (Å²) in [5.74, 6) is -0.684. The van der Waals surface area contributed by atoms with Gasteiger partial charge in [-0.2, -0.15) is 9.47 Å². The Kier molecular flexibility index (Phi) is 6.12. The summed E-state index contributed by atoms with van der Waals surface area (Å²) in [5, 5.41) is 14.7. The number of aryl methyl sites for hydroxylation is 3. The summed E-state index contributed by atoms with van der Waals surface area (Å²) in [5.41, 5.74) is 1.81. The van der Waals surface area contributed by atoms with Crippen LogP contribution in [0, 0.1) is 19.8 Å². The number of fused-ring (bicyclic) bond motifs is 1. The van der Waals surface area contributed by atoms with Gasteiger partial charge in [0.1, 0.15) is 23.5 Å². The predicted octanol–water partition coefficient (Wildman–Crippen LogP) is 2.41. The Morgan fingerprint density at radius 3 is 2.67 bits per heavy atom. The second kappa shape index (κ2) is 9.26. The minimum atomic E-state index is -1.32. The maximum absolute atomic E-state index is 12.9. The molecule has 1 saturated heterocycles. The van der Waals surface area contributed by atoms with E-state index in [2.05, 4.69) is 21.4 Å². The van der Waals surface area contributed by atoms with E-state index in [0.29, 0.717) is 41.7 Å². The second-order valence-electron chi connectivity index (χ2n) is 9.01. The van der Waals surface area contributed by atoms with E-state index in [0.717, 1.165) is 35.9 Å². The molecule has 12 heteroatoms. The first-order valence-electron chi connectivity index (χ1n) is 11.6. The van der Waals surface area contributed by atoms with Gasteiger partial charge in [-0.25, -0.2) is 14.8 Å². The van der Waals surface area contributed by atoms with Crippen LogP contribution in [0.2, 0.25) is 0 Å². The van der Waals surface area contributed by atoms with Crippen molar-refractivity contribution in [1.29, 1.82) is 0 Å². The molecule has 4 aromatic heterocycles. The number of aromatic nitrogens is 6. The van der Waals surface area contributed by atoms with Crippen molar-refractivity contribution < 1.29 is 14.7 Å². The number of carbonyl (C=O) groups excluding carboxylic acids is 1. The first-order valence-corrected chi connectivity index (χ1v) is 12.4. The van der Waals surface area contributed by atoms with Gasteiger partial charge in [-0.15, -0.1) is 0 Å². The Morgan fingerprint density at radius 2 is 2.00 bits per heavy atom. The van der Waals surface area contributed by atoms with E-state index < -0.39 is 11.4 Å². The molecule has 186 valence electrons. The fraction of sp³-hybridized carbons (Fsp3) is 0.375. The van der Waals surface area contributed by atoms with Gasteiger partial charge < -0.3 is 10.0 Å². The van der Waals surface area contributed by atoms with Gasteiger partial charge >= 0.3 is 5.97 Å². The molecule has 0 aliphatic carbocycles. The van der Waals surface area contributed by atoms with E-state index in [9.17, 15) is 19.5 Å². The first-order chi connectivity index (χ1) is 17.3. The number of carboxylic acids is 1. The van der Waals surface area contributed by atoms with E-state index in [-0.39, 0.29) is 22.7 Å². The summed E-state index contributed by atoms with van der Waals surface area (Å²) in [6.07, 6.45) is 3.89. The molecule has 0 atom stereocenters. The lowest BCUT2D eigenvalue weighted by Crippen LogP contribution is -2.51. The van der Waals surface area contributed by atoms with Crippen LogP contribution in [0.25, 0.3) is 16.2 Å². The zero-order chi connectivity index (χ0) is 25.6. The third-order valence-corrected chi connectivity index (χ3v) is 7.08. The number of nitrogens with zero attached hydrogens (tertiary/aromatic N) is 7. The molecule has 1 fully saturated rings. The van der Waals surface area contributed by atoms with E-state index in [1.54, 1.807) is 13.0 Å². The van der Waals surface area contributed by atoms with Crippen LogP contribution in [0.15, 0.2) is 29.5 Å². The lowest BCUT2D eigenvalue weighted by molar-refractivity contribution is -0.123. The van der Waals surface area contributed by atoms with Gasteiger partial charge in [0.25, 0.3) is 0 Å². The molecule has 1 aliphatic heterocycles. The highest BCUT2D eigenvalue weighted by molar-refractivity contribution is 7.08. The lowest BCUT2D eigenvalue weighted by atomic mass is 9.92. The molecule has 36 heavy (non-hydrogen) atoms. The van der Waals surface area contributed by atoms with Crippen LogP contribution in [-0.2, 0) is 17.8 Å². The number of rotatable bonds is 8. The third kappa shape index (κ3) is 4.17. The largest absolute Gasteiger partial charge is 0.477 e. The summed E-state index contributed by atoms with van der Waals surface area (Å²) in [6, 6.07) is 3.73. The van der Waals surface area contributed by atoms with E-state index in [1.807, 2.05) is 22.6 Å². The maximum Gasteiger partial charge on any atom is 0.341 e. The molecule has 5 rings (SSSR count). The molecule has 4 aromatic rings. The zero-order valence-electron chi connectivity index (χ0n) is 20.1. The Bertz CT molecular complexity index is 1530. The number of aromatic carboxylic acids is 1. The standard InChI is InChI=1S/C24H25N7O4S/c1-4-5-31-14(3)7-16(28-31)8-18(32)15-9-29(10-15)19-6-13(2)20-21(33)17(23(34)35)11-30(22(20)27-19)24-25-12-26-36-24/h6-7,11-12,15H,4-5,8-10H2,1-3H3,(H,34,35). The smallest absolute Gasteiger partial charge is 0.341 e. The second-order valence-corrected chi connectivity index (χ2v) is 9.77. The van der Waals surface area contributed by atoms with Crippen LogP contribution < -0.4 is 10.3 Å². The number of hydrogen-bond donors (Lipinski definition) is 1. The molecular weight excluding hydrogens is 482 g/mol. The van der Waals surface area contributed by atoms with Crippen molar-refractivity contribution in [3.05, 3.63) is 57.4 Å². The maximum atomic E-state index is 12.9. The van der Waals surface area contributed by atoms with Crippen LogP contribution in [0.3, 0.4) is 0 Å². The third-order valence-electron chi connectivity index (χ3n) is 6.41. The molecule has 0 unspecified atom stereocenters. The number of carbonyl (C=O) groups is 2. The highest BCUT2D eigenvalue weighted by Gasteiger charge is 2.34. The number of hydrogen-bond acceptors (Lipinski definition) is 9. The summed E-state index contributed by atoms with van der Waals surface area (Å²) < 4.78 is 7.42. The number of ketones is 1. The van der Waals surface area contributed by atoms with Gasteiger partial charge in [0.2, 0.25) is 10.6 Å². The van der Waals surface area contributed by atoms with Crippen molar-refractivity contribution in [3.8, 4) is 5.13 Å². The van der Waals surface area contributed by atoms with Gasteiger partial charge in [0.15, 0.2) is 5.65 Å². The molecule has 1 N–H and O–H groups in total. The van der Waals surface area contributed by atoms with Crippen molar-refractivity contribution in [2.45, 2.75) is 40.2 Å². The fourth-order valence-electron chi connectivity index (χ4n) is 4.51. The van der Waals surface area contributed by atoms with Crippen molar-refractivity contribution in [3.63, 3.8) is 0 Å². The monoisotopic (exact) mass is 507 g/mol. The molecule has 0 aromatic carbocycles. The van der Waals surface area contributed by atoms with E-state index >= 15 is 0 Å². The number of carboxylic acid groups (broad SMARTS) is 1. The Labute approximate surface area is 210 Å². The van der Waals surface area contributed by atoms with Crippen LogP contribution in [0.1, 0.15) is 40.7 Å². The average Bonchev–Trinajstić information content (AvgIpc) is 3.43. The summed E-state index contributed by atoms with van der Waals surface area (Å²) >= 11 is 1.07. The predicted molar refractivity (Wildman–Crippen MR) is 134 cm³/mol. The van der Waals surface area contributed by atoms with Crippen molar-refractivity contribution in [2.24, 2.45) is 5.92 Å². The molecule has 0 radical (unpaired) electrons.